The zero-order valence-corrected chi connectivity index (χ0v) is 17.2. The molecule has 0 spiro atoms. The van der Waals surface area contributed by atoms with Gasteiger partial charge in [0.1, 0.15) is 5.82 Å². The van der Waals surface area contributed by atoms with Crippen LogP contribution in [0.4, 0.5) is 14.6 Å². The summed E-state index contributed by atoms with van der Waals surface area (Å²) in [6.45, 7) is 2.01. The number of anilines is 1. The topological polar surface area (TPSA) is 64.0 Å². The Labute approximate surface area is 176 Å². The number of aromatic nitrogens is 2. The fraction of sp³-hybridized carbons (Fsp3) is 0.227. The van der Waals surface area contributed by atoms with Gasteiger partial charge in [0.05, 0.1) is 5.56 Å². The molecule has 8 heteroatoms. The molecule has 2 heterocycles. The lowest BCUT2D eigenvalue weighted by atomic mass is 9.86. The highest BCUT2D eigenvalue weighted by Crippen LogP contribution is 2.37. The van der Waals surface area contributed by atoms with Crippen LogP contribution in [0.1, 0.15) is 34.6 Å². The van der Waals surface area contributed by atoms with Crippen LogP contribution in [-0.4, -0.2) is 15.5 Å². The summed E-state index contributed by atoms with van der Waals surface area (Å²) in [7, 11) is 1.69. The second kappa shape index (κ2) is 8.02. The lowest BCUT2D eigenvalue weighted by Gasteiger charge is -2.27. The molecule has 1 aliphatic heterocycles. The van der Waals surface area contributed by atoms with E-state index in [1.54, 1.807) is 11.6 Å². The standard InChI is InChI=1S/C22H19F2N3O2S/c1-12-6-8-13(9-7-12)11-30-22-26-21(29)18-15(10-17(28)25-20(18)27(22)2)14-4-3-5-16(23)19(14)24/h3-9,15H,10-11H2,1-2H3,(H,25,28). The van der Waals surface area contributed by atoms with Crippen molar-refractivity contribution in [2.24, 2.45) is 7.05 Å². The van der Waals surface area contributed by atoms with E-state index in [4.69, 9.17) is 0 Å². The number of halogens is 2. The van der Waals surface area contributed by atoms with Gasteiger partial charge in [-0.3, -0.25) is 9.59 Å². The fourth-order valence-electron chi connectivity index (χ4n) is 3.55. The van der Waals surface area contributed by atoms with Gasteiger partial charge in [-0.05, 0) is 24.1 Å². The number of benzene rings is 2. The summed E-state index contributed by atoms with van der Waals surface area (Å²) in [5, 5.41) is 3.13. The molecule has 0 saturated heterocycles. The van der Waals surface area contributed by atoms with Crippen LogP contribution in [0.2, 0.25) is 0 Å². The smallest absolute Gasteiger partial charge is 0.279 e. The number of aryl methyl sites for hydroxylation is 1. The fourth-order valence-corrected chi connectivity index (χ4v) is 4.47. The maximum atomic E-state index is 14.4. The summed E-state index contributed by atoms with van der Waals surface area (Å²) in [6, 6.07) is 11.8. The van der Waals surface area contributed by atoms with Gasteiger partial charge >= 0.3 is 0 Å². The van der Waals surface area contributed by atoms with Gasteiger partial charge in [0.25, 0.3) is 5.56 Å². The Balaban J connectivity index is 1.74. The van der Waals surface area contributed by atoms with E-state index in [9.17, 15) is 18.4 Å². The Bertz CT molecular complexity index is 1190. The lowest BCUT2D eigenvalue weighted by Crippen LogP contribution is -2.34. The molecule has 1 aromatic heterocycles. The number of carbonyl (C=O) groups is 1. The van der Waals surface area contributed by atoms with Crippen LogP contribution in [0, 0.1) is 18.6 Å². The van der Waals surface area contributed by atoms with Crippen molar-refractivity contribution in [1.82, 2.24) is 9.55 Å². The minimum Gasteiger partial charge on any atom is -0.312 e. The monoisotopic (exact) mass is 427 g/mol. The van der Waals surface area contributed by atoms with Gasteiger partial charge in [-0.15, -0.1) is 0 Å². The zero-order valence-electron chi connectivity index (χ0n) is 16.4. The predicted molar refractivity (Wildman–Crippen MR) is 112 cm³/mol. The molecule has 4 rings (SSSR count). The average molecular weight is 427 g/mol. The third kappa shape index (κ3) is 3.75. The van der Waals surface area contributed by atoms with Gasteiger partial charge in [0.15, 0.2) is 16.8 Å². The summed E-state index contributed by atoms with van der Waals surface area (Å²) >= 11 is 1.36. The molecule has 5 nitrogen and oxygen atoms in total. The second-order valence-corrected chi connectivity index (χ2v) is 8.19. The first-order chi connectivity index (χ1) is 14.3. The highest BCUT2D eigenvalue weighted by Gasteiger charge is 2.34. The van der Waals surface area contributed by atoms with Crippen molar-refractivity contribution in [3.8, 4) is 0 Å². The molecule has 2 aromatic carbocycles. The molecule has 0 fully saturated rings. The van der Waals surface area contributed by atoms with Crippen LogP contribution in [0.5, 0.6) is 0 Å². The van der Waals surface area contributed by atoms with Crippen molar-refractivity contribution in [3.05, 3.63) is 86.7 Å². The molecule has 0 bridgehead atoms. The minimum atomic E-state index is -1.05. The molecular weight excluding hydrogens is 408 g/mol. The zero-order chi connectivity index (χ0) is 21.4. The maximum Gasteiger partial charge on any atom is 0.279 e. The van der Waals surface area contributed by atoms with E-state index in [1.165, 1.54) is 23.9 Å². The Kier molecular flexibility index (Phi) is 5.42. The average Bonchev–Trinajstić information content (AvgIpc) is 2.72. The third-order valence-corrected chi connectivity index (χ3v) is 6.25. The van der Waals surface area contributed by atoms with Gasteiger partial charge in [-0.1, -0.05) is 53.7 Å². The second-order valence-electron chi connectivity index (χ2n) is 7.24. The largest absolute Gasteiger partial charge is 0.312 e. The number of nitrogens with zero attached hydrogens (tertiary/aromatic N) is 2. The molecule has 1 atom stereocenters. The Morgan fingerprint density at radius 2 is 1.90 bits per heavy atom. The summed E-state index contributed by atoms with van der Waals surface area (Å²) in [5.74, 6) is -2.47. The van der Waals surface area contributed by atoms with Crippen LogP contribution in [-0.2, 0) is 17.6 Å². The molecule has 1 N–H and O–H groups in total. The van der Waals surface area contributed by atoms with E-state index in [2.05, 4.69) is 10.3 Å². The van der Waals surface area contributed by atoms with Crippen molar-refractivity contribution in [1.29, 1.82) is 0 Å². The number of fused-ring (bicyclic) bond motifs is 1. The highest BCUT2D eigenvalue weighted by atomic mass is 32.2. The number of hydrogen-bond donors (Lipinski definition) is 1. The van der Waals surface area contributed by atoms with Crippen LogP contribution >= 0.6 is 11.8 Å². The van der Waals surface area contributed by atoms with Crippen LogP contribution in [0.15, 0.2) is 52.4 Å². The first kappa shape index (κ1) is 20.3. The summed E-state index contributed by atoms with van der Waals surface area (Å²) in [6.07, 6.45) is -0.153. The van der Waals surface area contributed by atoms with Crippen molar-refractivity contribution >= 4 is 23.5 Å². The Morgan fingerprint density at radius 3 is 2.63 bits per heavy atom. The van der Waals surface area contributed by atoms with Crippen molar-refractivity contribution in [3.63, 3.8) is 0 Å². The summed E-state index contributed by atoms with van der Waals surface area (Å²) in [4.78, 5) is 29.4. The molecule has 0 aliphatic carbocycles. The molecule has 3 aromatic rings. The third-order valence-electron chi connectivity index (χ3n) is 5.15. The van der Waals surface area contributed by atoms with Gasteiger partial charge in [-0.25, -0.2) is 8.78 Å². The van der Waals surface area contributed by atoms with Gasteiger partial charge in [0, 0.05) is 25.1 Å². The van der Waals surface area contributed by atoms with Gasteiger partial charge in [-0.2, -0.15) is 4.98 Å². The normalized spacial score (nSPS) is 15.6. The maximum absolute atomic E-state index is 14.4. The molecule has 1 unspecified atom stereocenters. The van der Waals surface area contributed by atoms with Gasteiger partial charge < -0.3 is 9.88 Å². The van der Waals surface area contributed by atoms with E-state index < -0.39 is 23.1 Å². The van der Waals surface area contributed by atoms with E-state index in [-0.39, 0.29) is 29.3 Å². The quantitative estimate of drug-likeness (QED) is 0.502. The van der Waals surface area contributed by atoms with Gasteiger partial charge in [0.2, 0.25) is 5.91 Å². The minimum absolute atomic E-state index is 0.0231. The van der Waals surface area contributed by atoms with Crippen molar-refractivity contribution in [2.75, 3.05) is 5.32 Å². The number of rotatable bonds is 4. The predicted octanol–water partition coefficient (Wildman–Crippen LogP) is 4.13. The van der Waals surface area contributed by atoms with Crippen LogP contribution in [0.25, 0.3) is 0 Å². The molecular formula is C22H19F2N3O2S. The number of hydrogen-bond acceptors (Lipinski definition) is 4. The van der Waals surface area contributed by atoms with E-state index in [1.807, 2.05) is 31.2 Å². The first-order valence-electron chi connectivity index (χ1n) is 9.38. The SMILES string of the molecule is Cc1ccc(CSc2nc(=O)c3c(n2C)NC(=O)CC3c2cccc(F)c2F)cc1. The number of carbonyl (C=O) groups excluding carboxylic acids is 1. The first-order valence-corrected chi connectivity index (χ1v) is 10.4. The van der Waals surface area contributed by atoms with E-state index in [0.29, 0.717) is 10.9 Å². The molecule has 1 aliphatic rings. The van der Waals surface area contributed by atoms with E-state index in [0.717, 1.165) is 17.2 Å². The van der Waals surface area contributed by atoms with Crippen LogP contribution in [0.3, 0.4) is 0 Å². The highest BCUT2D eigenvalue weighted by molar-refractivity contribution is 7.98. The van der Waals surface area contributed by atoms with E-state index >= 15 is 0 Å². The number of thioether (sulfide) groups is 1. The molecule has 30 heavy (non-hydrogen) atoms. The van der Waals surface area contributed by atoms with Crippen molar-refractivity contribution in [2.45, 2.75) is 30.2 Å². The molecule has 154 valence electrons. The summed E-state index contributed by atoms with van der Waals surface area (Å²) in [5.41, 5.74) is 1.82. The molecule has 0 saturated carbocycles. The molecule has 0 radical (unpaired) electrons. The number of nitrogens with one attached hydrogen (secondary N) is 1. The lowest BCUT2D eigenvalue weighted by molar-refractivity contribution is -0.116. The molecule has 1 amide bonds. The number of amides is 1. The van der Waals surface area contributed by atoms with Crippen LogP contribution < -0.4 is 10.9 Å². The van der Waals surface area contributed by atoms with Crippen molar-refractivity contribution < 1.29 is 13.6 Å². The Hall–Kier alpha value is -3.00. The summed E-state index contributed by atoms with van der Waals surface area (Å²) < 4.78 is 29.8. The Morgan fingerprint density at radius 1 is 1.17 bits per heavy atom.